The number of allylic oxidation sites excluding steroid dienone is 4. The molecule has 6 nitrogen and oxygen atoms in total. The van der Waals surface area contributed by atoms with E-state index < -0.39 is 5.82 Å². The van der Waals surface area contributed by atoms with E-state index in [1.807, 2.05) is 0 Å². The number of halogens is 1. The lowest BCUT2D eigenvalue weighted by Gasteiger charge is -2.47. The molecule has 146 valence electrons. The van der Waals surface area contributed by atoms with Crippen molar-refractivity contribution in [3.8, 4) is 0 Å². The van der Waals surface area contributed by atoms with Gasteiger partial charge in [0.2, 0.25) is 5.95 Å². The summed E-state index contributed by atoms with van der Waals surface area (Å²) in [5.74, 6) is 0.568. The number of hydrogen-bond acceptors (Lipinski definition) is 6. The van der Waals surface area contributed by atoms with Crippen molar-refractivity contribution < 1.29 is 9.50 Å². The van der Waals surface area contributed by atoms with Gasteiger partial charge in [0.15, 0.2) is 11.6 Å². The average Bonchev–Trinajstić information content (AvgIpc) is 3.09. The zero-order valence-corrected chi connectivity index (χ0v) is 16.0. The maximum atomic E-state index is 14.3. The molecule has 0 unspecified atom stereocenters. The van der Waals surface area contributed by atoms with E-state index in [0.717, 1.165) is 18.5 Å². The first-order valence-electron chi connectivity index (χ1n) is 9.82. The van der Waals surface area contributed by atoms with Crippen molar-refractivity contribution in [3.63, 3.8) is 0 Å². The predicted octanol–water partition coefficient (Wildman–Crippen LogP) is 3.96. The highest BCUT2D eigenvalue weighted by atomic mass is 19.1. The fourth-order valence-corrected chi connectivity index (χ4v) is 4.72. The van der Waals surface area contributed by atoms with Gasteiger partial charge in [0.05, 0.1) is 12.0 Å². The summed E-state index contributed by atoms with van der Waals surface area (Å²) in [4.78, 5) is 11.0. The third-order valence-electron chi connectivity index (χ3n) is 5.94. The zero-order chi connectivity index (χ0) is 19.0. The van der Waals surface area contributed by atoms with Crippen molar-refractivity contribution in [2.45, 2.75) is 70.0 Å². The molecule has 4 rings (SSSR count). The Morgan fingerprint density at radius 2 is 2.15 bits per heavy atom. The quantitative estimate of drug-likeness (QED) is 0.742. The summed E-state index contributed by atoms with van der Waals surface area (Å²) in [6.07, 6.45) is 10.4. The molecule has 3 N–H and O–H groups in total. The summed E-state index contributed by atoms with van der Waals surface area (Å²) in [6, 6.07) is 0.769. The zero-order valence-electron chi connectivity index (χ0n) is 16.0. The average molecular weight is 373 g/mol. The summed E-state index contributed by atoms with van der Waals surface area (Å²) in [7, 11) is 0. The highest BCUT2D eigenvalue weighted by Gasteiger charge is 2.43. The summed E-state index contributed by atoms with van der Waals surface area (Å²) >= 11 is 0. The van der Waals surface area contributed by atoms with E-state index in [-0.39, 0.29) is 17.4 Å². The van der Waals surface area contributed by atoms with E-state index in [9.17, 15) is 9.50 Å². The Morgan fingerprint density at radius 3 is 2.93 bits per heavy atom. The van der Waals surface area contributed by atoms with Crippen molar-refractivity contribution in [2.24, 2.45) is 0 Å². The Labute approximate surface area is 159 Å². The van der Waals surface area contributed by atoms with Crippen LogP contribution in [0.25, 0.3) is 0 Å². The maximum absolute atomic E-state index is 14.3. The third-order valence-corrected chi connectivity index (χ3v) is 5.94. The Hall–Kier alpha value is -2.15. The molecule has 0 radical (unpaired) electrons. The normalized spacial score (nSPS) is 27.5. The molecule has 2 fully saturated rings. The minimum atomic E-state index is -0.428. The van der Waals surface area contributed by atoms with E-state index in [4.69, 9.17) is 0 Å². The second-order valence-electron chi connectivity index (χ2n) is 8.45. The van der Waals surface area contributed by atoms with E-state index >= 15 is 0 Å². The Balaban J connectivity index is 1.47. The van der Waals surface area contributed by atoms with Crippen LogP contribution < -0.4 is 10.6 Å². The molecule has 27 heavy (non-hydrogen) atoms. The smallest absolute Gasteiger partial charge is 0.229 e. The molecular weight excluding hydrogens is 345 g/mol. The maximum Gasteiger partial charge on any atom is 0.229 e. The molecule has 1 aliphatic carbocycles. The number of nitrogens with zero attached hydrogens (tertiary/aromatic N) is 3. The number of fused-ring (bicyclic) bond motifs is 1. The van der Waals surface area contributed by atoms with Crippen LogP contribution in [0.1, 0.15) is 52.4 Å². The lowest BCUT2D eigenvalue weighted by atomic mass is 9.84. The number of anilines is 2. The second-order valence-corrected chi connectivity index (χ2v) is 8.45. The number of aromatic nitrogens is 2. The molecule has 2 atom stereocenters. The van der Waals surface area contributed by atoms with Crippen LogP contribution in [0.3, 0.4) is 0 Å². The first kappa shape index (κ1) is 18.2. The van der Waals surface area contributed by atoms with Crippen LogP contribution in [-0.2, 0) is 0 Å². The molecule has 0 spiro atoms. The van der Waals surface area contributed by atoms with Gasteiger partial charge in [-0.2, -0.15) is 4.98 Å². The largest absolute Gasteiger partial charge is 0.512 e. The van der Waals surface area contributed by atoms with Crippen molar-refractivity contribution in [3.05, 3.63) is 35.6 Å². The molecular formula is C20H28FN5O. The first-order valence-corrected chi connectivity index (χ1v) is 9.82. The number of piperidine rings is 1. The van der Waals surface area contributed by atoms with Gasteiger partial charge in [-0.3, -0.25) is 4.90 Å². The highest BCUT2D eigenvalue weighted by Crippen LogP contribution is 2.38. The topological polar surface area (TPSA) is 73.3 Å². The second kappa shape index (κ2) is 7.11. The molecule has 1 aromatic heterocycles. The van der Waals surface area contributed by atoms with Crippen molar-refractivity contribution in [2.75, 3.05) is 17.2 Å². The van der Waals surface area contributed by atoms with Crippen molar-refractivity contribution in [1.82, 2.24) is 14.9 Å². The van der Waals surface area contributed by atoms with Gasteiger partial charge in [-0.1, -0.05) is 0 Å². The highest BCUT2D eigenvalue weighted by molar-refractivity contribution is 5.45. The molecule has 0 saturated carbocycles. The summed E-state index contributed by atoms with van der Waals surface area (Å²) in [5.41, 5.74) is 1.02. The molecule has 0 bridgehead atoms. The molecule has 2 aliphatic heterocycles. The standard InChI is InChI=1S/C20H28FN5O/c1-20(2)11-14(10-15-4-3-9-26(15)20)23-18-17(21)12-22-19(25-18)24-13-5-7-16(27)8-6-13/h5,7,12,14-15,27H,3-4,6,8-11H2,1-2H3,(H2,22,23,24,25)/t14-,15+/m1/s1. The predicted molar refractivity (Wildman–Crippen MR) is 104 cm³/mol. The number of hydrogen-bond donors (Lipinski definition) is 3. The van der Waals surface area contributed by atoms with Gasteiger partial charge >= 0.3 is 0 Å². The first-order chi connectivity index (χ1) is 12.9. The lowest BCUT2D eigenvalue weighted by Crippen LogP contribution is -2.55. The van der Waals surface area contributed by atoms with Crippen molar-refractivity contribution >= 4 is 11.8 Å². The van der Waals surface area contributed by atoms with Crippen LogP contribution in [0, 0.1) is 5.82 Å². The van der Waals surface area contributed by atoms with E-state index in [1.54, 1.807) is 12.2 Å². The van der Waals surface area contributed by atoms with E-state index in [2.05, 4.69) is 39.3 Å². The summed E-state index contributed by atoms with van der Waals surface area (Å²) in [6.45, 7) is 5.72. The van der Waals surface area contributed by atoms with Crippen LogP contribution in [-0.4, -0.2) is 44.1 Å². The van der Waals surface area contributed by atoms with Gasteiger partial charge in [-0.15, -0.1) is 0 Å². The molecule has 1 aromatic rings. The number of rotatable bonds is 4. The minimum Gasteiger partial charge on any atom is -0.512 e. The van der Waals surface area contributed by atoms with Crippen LogP contribution >= 0.6 is 0 Å². The fourth-order valence-electron chi connectivity index (χ4n) is 4.72. The SMILES string of the molecule is CC1(C)C[C@H](Nc2nc(NC3=CC=C(O)CC3)ncc2F)C[C@@H]2CCCN21. The molecule has 2 saturated heterocycles. The number of aliphatic hydroxyl groups excluding tert-OH is 1. The van der Waals surface area contributed by atoms with Crippen molar-refractivity contribution in [1.29, 1.82) is 0 Å². The van der Waals surface area contributed by atoms with Crippen LogP contribution in [0.2, 0.25) is 0 Å². The van der Waals surface area contributed by atoms with Gasteiger partial charge < -0.3 is 15.7 Å². The molecule has 0 amide bonds. The molecule has 7 heteroatoms. The minimum absolute atomic E-state index is 0.114. The molecule has 3 heterocycles. The number of aliphatic hydroxyl groups is 1. The fraction of sp³-hybridized carbons (Fsp3) is 0.600. The van der Waals surface area contributed by atoms with Gasteiger partial charge in [-0.25, -0.2) is 9.37 Å². The Morgan fingerprint density at radius 1 is 1.30 bits per heavy atom. The van der Waals surface area contributed by atoms with E-state index in [1.165, 1.54) is 25.6 Å². The van der Waals surface area contributed by atoms with Crippen LogP contribution in [0.4, 0.5) is 16.2 Å². The van der Waals surface area contributed by atoms with E-state index in [0.29, 0.717) is 30.6 Å². The third kappa shape index (κ3) is 3.93. The Kier molecular flexibility index (Phi) is 4.80. The van der Waals surface area contributed by atoms with Gasteiger partial charge in [0.1, 0.15) is 0 Å². The summed E-state index contributed by atoms with van der Waals surface area (Å²) in [5, 5.41) is 15.9. The molecule has 0 aromatic carbocycles. The van der Waals surface area contributed by atoms with Gasteiger partial charge in [-0.05, 0) is 64.6 Å². The van der Waals surface area contributed by atoms with Gasteiger partial charge in [0.25, 0.3) is 0 Å². The van der Waals surface area contributed by atoms with Crippen LogP contribution in [0.5, 0.6) is 0 Å². The monoisotopic (exact) mass is 373 g/mol. The Bertz CT molecular complexity index is 776. The van der Waals surface area contributed by atoms with Crippen LogP contribution in [0.15, 0.2) is 29.8 Å². The van der Waals surface area contributed by atoms with Gasteiger partial charge in [0, 0.05) is 29.7 Å². The number of nitrogens with one attached hydrogen (secondary N) is 2. The molecule has 3 aliphatic rings. The summed E-state index contributed by atoms with van der Waals surface area (Å²) < 4.78 is 14.3. The lowest BCUT2D eigenvalue weighted by molar-refractivity contribution is 0.0500.